The molecule has 1 atom stereocenters. The van der Waals surface area contributed by atoms with Crippen LogP contribution in [0.4, 0.5) is 0 Å². The van der Waals surface area contributed by atoms with Gasteiger partial charge in [-0.3, -0.25) is 4.79 Å². The number of carbonyl (C=O) groups excluding carboxylic acids is 1. The quantitative estimate of drug-likeness (QED) is 0.563. The molecule has 0 N–H and O–H groups in total. The lowest BCUT2D eigenvalue weighted by molar-refractivity contribution is -0.148. The number of hydrogen-bond donors (Lipinski definition) is 0. The summed E-state index contributed by atoms with van der Waals surface area (Å²) in [5.41, 5.74) is 5.46. The van der Waals surface area contributed by atoms with Crippen molar-refractivity contribution < 1.29 is 9.53 Å². The molecule has 3 heteroatoms. The first-order chi connectivity index (χ1) is 13.0. The van der Waals surface area contributed by atoms with Crippen LogP contribution in [-0.2, 0) is 16.1 Å². The highest BCUT2D eigenvalue weighted by Crippen LogP contribution is 2.31. The van der Waals surface area contributed by atoms with Crippen LogP contribution in [0, 0.1) is 13.8 Å². The molecule has 0 unspecified atom stereocenters. The van der Waals surface area contributed by atoms with Crippen molar-refractivity contribution in [1.82, 2.24) is 4.57 Å². The van der Waals surface area contributed by atoms with Gasteiger partial charge in [-0.25, -0.2) is 0 Å². The number of carbonyl (C=O) groups is 1. The highest BCUT2D eigenvalue weighted by molar-refractivity contribution is 5.83. The zero-order chi connectivity index (χ0) is 19.4. The molecule has 0 fully saturated rings. The molecule has 0 spiro atoms. The Bertz CT molecular complexity index is 895. The van der Waals surface area contributed by atoms with E-state index in [0.29, 0.717) is 0 Å². The van der Waals surface area contributed by atoms with Crippen molar-refractivity contribution in [3.8, 4) is 0 Å². The smallest absolute Gasteiger partial charge is 0.318 e. The van der Waals surface area contributed by atoms with Gasteiger partial charge in [0.05, 0.1) is 6.10 Å². The first kappa shape index (κ1) is 19.0. The molecular formula is C24H27NO2. The zero-order valence-electron chi connectivity index (χ0n) is 16.5. The van der Waals surface area contributed by atoms with Gasteiger partial charge in [-0.2, -0.15) is 0 Å². The Hall–Kier alpha value is -2.81. The molecule has 27 heavy (non-hydrogen) atoms. The number of hydrogen-bond acceptors (Lipinski definition) is 2. The highest BCUT2D eigenvalue weighted by Gasteiger charge is 2.28. The first-order valence-electron chi connectivity index (χ1n) is 9.43. The molecule has 3 rings (SSSR count). The minimum Gasteiger partial charge on any atom is -0.462 e. The van der Waals surface area contributed by atoms with E-state index in [1.165, 1.54) is 5.56 Å². The molecule has 140 valence electrons. The van der Waals surface area contributed by atoms with Gasteiger partial charge >= 0.3 is 5.97 Å². The summed E-state index contributed by atoms with van der Waals surface area (Å²) in [5.74, 6) is -0.611. The molecule has 0 aliphatic carbocycles. The molecule has 2 aromatic carbocycles. The molecule has 1 heterocycles. The predicted octanol–water partition coefficient (Wildman–Crippen LogP) is 5.24. The maximum absolute atomic E-state index is 13.0. The van der Waals surface area contributed by atoms with Gasteiger partial charge in [0.2, 0.25) is 0 Å². The average molecular weight is 361 g/mol. The second-order valence-corrected chi connectivity index (χ2v) is 7.23. The zero-order valence-corrected chi connectivity index (χ0v) is 16.5. The van der Waals surface area contributed by atoms with E-state index in [9.17, 15) is 4.79 Å². The van der Waals surface area contributed by atoms with Crippen LogP contribution in [0.25, 0.3) is 0 Å². The SMILES string of the molecule is Cc1cc([C@H](C(=O)OC(C)C)c2ccccc2)c(C)n1Cc1ccccc1. The predicted molar refractivity (Wildman–Crippen MR) is 109 cm³/mol. The number of nitrogens with zero attached hydrogens (tertiary/aromatic N) is 1. The van der Waals surface area contributed by atoms with Crippen molar-refractivity contribution in [1.29, 1.82) is 0 Å². The van der Waals surface area contributed by atoms with Gasteiger partial charge in [0.15, 0.2) is 0 Å². The van der Waals surface area contributed by atoms with Gasteiger partial charge in [0.25, 0.3) is 0 Å². The Kier molecular flexibility index (Phi) is 5.80. The van der Waals surface area contributed by atoms with Crippen LogP contribution in [-0.4, -0.2) is 16.6 Å². The molecule has 3 nitrogen and oxygen atoms in total. The van der Waals surface area contributed by atoms with Gasteiger partial charge in [-0.1, -0.05) is 60.7 Å². The van der Waals surface area contributed by atoms with Gasteiger partial charge in [0, 0.05) is 17.9 Å². The third kappa shape index (κ3) is 4.30. The van der Waals surface area contributed by atoms with Gasteiger partial charge in [-0.15, -0.1) is 0 Å². The van der Waals surface area contributed by atoms with Crippen molar-refractivity contribution in [2.24, 2.45) is 0 Å². The lowest BCUT2D eigenvalue weighted by atomic mass is 9.91. The Morgan fingerprint density at radius 2 is 1.56 bits per heavy atom. The number of benzene rings is 2. The maximum atomic E-state index is 13.0. The van der Waals surface area contributed by atoms with Crippen LogP contribution in [0.5, 0.6) is 0 Å². The van der Waals surface area contributed by atoms with Crippen molar-refractivity contribution >= 4 is 5.97 Å². The van der Waals surface area contributed by atoms with Crippen LogP contribution in [0.3, 0.4) is 0 Å². The van der Waals surface area contributed by atoms with E-state index in [-0.39, 0.29) is 12.1 Å². The first-order valence-corrected chi connectivity index (χ1v) is 9.43. The molecule has 0 amide bonds. The Balaban J connectivity index is 2.02. The van der Waals surface area contributed by atoms with E-state index in [2.05, 4.69) is 48.7 Å². The molecule has 0 bridgehead atoms. The summed E-state index contributed by atoms with van der Waals surface area (Å²) in [5, 5.41) is 0. The van der Waals surface area contributed by atoms with E-state index < -0.39 is 5.92 Å². The summed E-state index contributed by atoms with van der Waals surface area (Å²) in [6.07, 6.45) is -0.142. The molecule has 0 saturated carbocycles. The van der Waals surface area contributed by atoms with Gasteiger partial charge < -0.3 is 9.30 Å². The molecule has 0 radical (unpaired) electrons. The van der Waals surface area contributed by atoms with E-state index in [0.717, 1.165) is 29.1 Å². The standard InChI is InChI=1S/C24H27NO2/c1-17(2)27-24(26)23(21-13-9-6-10-14-21)22-15-18(3)25(19(22)4)16-20-11-7-5-8-12-20/h5-15,17,23H,16H2,1-4H3/t23-/m1/s1. The van der Waals surface area contributed by atoms with Gasteiger partial charge in [-0.05, 0) is 50.5 Å². The average Bonchev–Trinajstić information content (AvgIpc) is 2.91. The largest absolute Gasteiger partial charge is 0.462 e. The van der Waals surface area contributed by atoms with Crippen LogP contribution < -0.4 is 0 Å². The second kappa shape index (κ2) is 8.26. The topological polar surface area (TPSA) is 31.2 Å². The number of esters is 1. The summed E-state index contributed by atoms with van der Waals surface area (Å²) < 4.78 is 7.86. The van der Waals surface area contributed by atoms with Crippen molar-refractivity contribution in [3.63, 3.8) is 0 Å². The lowest BCUT2D eigenvalue weighted by Crippen LogP contribution is -2.21. The third-order valence-electron chi connectivity index (χ3n) is 4.83. The number of ether oxygens (including phenoxy) is 1. The summed E-state index contributed by atoms with van der Waals surface area (Å²) in [4.78, 5) is 13.0. The monoisotopic (exact) mass is 361 g/mol. The van der Waals surface area contributed by atoms with E-state index in [4.69, 9.17) is 4.74 Å². The summed E-state index contributed by atoms with van der Waals surface area (Å²) in [6.45, 7) is 8.75. The Labute approximate surface area is 161 Å². The fourth-order valence-corrected chi connectivity index (χ4v) is 3.52. The van der Waals surface area contributed by atoms with Crippen LogP contribution in [0.15, 0.2) is 66.7 Å². The molecule has 3 aromatic rings. The maximum Gasteiger partial charge on any atom is 0.318 e. The minimum atomic E-state index is -0.413. The Morgan fingerprint density at radius 3 is 2.15 bits per heavy atom. The van der Waals surface area contributed by atoms with Gasteiger partial charge in [0.1, 0.15) is 5.92 Å². The van der Waals surface area contributed by atoms with E-state index >= 15 is 0 Å². The fourth-order valence-electron chi connectivity index (χ4n) is 3.52. The van der Waals surface area contributed by atoms with Crippen molar-refractivity contribution in [2.45, 2.75) is 46.3 Å². The molecular weight excluding hydrogens is 334 g/mol. The number of aryl methyl sites for hydroxylation is 1. The second-order valence-electron chi connectivity index (χ2n) is 7.23. The van der Waals surface area contributed by atoms with Crippen LogP contribution >= 0.6 is 0 Å². The lowest BCUT2D eigenvalue weighted by Gasteiger charge is -2.19. The number of aromatic nitrogens is 1. The molecule has 0 saturated heterocycles. The van der Waals surface area contributed by atoms with Crippen LogP contribution in [0.1, 0.15) is 47.8 Å². The summed E-state index contributed by atoms with van der Waals surface area (Å²) in [6, 6.07) is 22.4. The minimum absolute atomic E-state index is 0.142. The highest BCUT2D eigenvalue weighted by atomic mass is 16.5. The summed E-state index contributed by atoms with van der Waals surface area (Å²) in [7, 11) is 0. The Morgan fingerprint density at radius 1 is 0.963 bits per heavy atom. The van der Waals surface area contributed by atoms with Crippen molar-refractivity contribution in [2.75, 3.05) is 0 Å². The van der Waals surface area contributed by atoms with Crippen molar-refractivity contribution in [3.05, 3.63) is 94.8 Å². The normalized spacial score (nSPS) is 12.2. The molecule has 1 aromatic heterocycles. The third-order valence-corrected chi connectivity index (χ3v) is 4.83. The molecule has 0 aliphatic heterocycles. The van der Waals surface area contributed by atoms with Crippen LogP contribution in [0.2, 0.25) is 0 Å². The molecule has 0 aliphatic rings. The summed E-state index contributed by atoms with van der Waals surface area (Å²) >= 11 is 0. The van der Waals surface area contributed by atoms with E-state index in [1.807, 2.05) is 50.2 Å². The van der Waals surface area contributed by atoms with E-state index in [1.54, 1.807) is 0 Å². The fraction of sp³-hybridized carbons (Fsp3) is 0.292. The number of rotatable bonds is 6.